The quantitative estimate of drug-likeness (QED) is 0.644. The van der Waals surface area contributed by atoms with E-state index in [1.807, 2.05) is 0 Å². The normalized spacial score (nSPS) is 12.4. The highest BCUT2D eigenvalue weighted by atomic mass is 35.5. The van der Waals surface area contributed by atoms with Crippen LogP contribution in [0.4, 0.5) is 0 Å². The summed E-state index contributed by atoms with van der Waals surface area (Å²) in [6, 6.07) is 10.4. The summed E-state index contributed by atoms with van der Waals surface area (Å²) in [5.41, 5.74) is 6.26. The molecule has 2 rings (SSSR count). The smallest absolute Gasteiger partial charge is 0.286 e. The van der Waals surface area contributed by atoms with Crippen LogP contribution in [0.2, 0.25) is 15.1 Å². The molecule has 0 spiro atoms. The van der Waals surface area contributed by atoms with Crippen LogP contribution in [0, 0.1) is 0 Å². The maximum absolute atomic E-state index is 12.2. The van der Waals surface area contributed by atoms with E-state index in [0.717, 1.165) is 0 Å². The Morgan fingerprint density at radius 1 is 0.952 bits per heavy atom. The van der Waals surface area contributed by atoms with Gasteiger partial charge in [-0.3, -0.25) is 5.73 Å². The molecule has 110 valence electrons. The monoisotopic (exact) mass is 363 g/mol. The third-order valence-corrected chi connectivity index (χ3v) is 4.96. The molecule has 3 N–H and O–H groups in total. The standard InChI is InChI=1S/C13H9Cl3N2O2S/c14-9-3-1-8(2-4-9)13(17)18-21(19,20)10-5-6-11(15)12(16)7-10/h1-7H,(H2,17,18)/p+1. The minimum absolute atomic E-state index is 0.0160. The first kappa shape index (κ1) is 16.1. The van der Waals surface area contributed by atoms with E-state index in [2.05, 4.69) is 4.40 Å². The highest BCUT2D eigenvalue weighted by Gasteiger charge is 2.18. The lowest BCUT2D eigenvalue weighted by atomic mass is 10.2. The fraction of sp³-hybridized carbons (Fsp3) is 0. The van der Waals surface area contributed by atoms with Crippen molar-refractivity contribution >= 4 is 50.7 Å². The van der Waals surface area contributed by atoms with E-state index in [9.17, 15) is 8.42 Å². The minimum atomic E-state index is -3.85. The summed E-state index contributed by atoms with van der Waals surface area (Å²) in [7, 11) is -3.85. The molecule has 0 atom stereocenters. The molecule has 0 saturated heterocycles. The van der Waals surface area contributed by atoms with E-state index in [-0.39, 0.29) is 20.8 Å². The molecule has 8 heteroatoms. The second-order valence-electron chi connectivity index (χ2n) is 4.10. The molecule has 2 aromatic carbocycles. The van der Waals surface area contributed by atoms with E-state index < -0.39 is 10.0 Å². The summed E-state index contributed by atoms with van der Waals surface area (Å²) in [4.78, 5) is -0.0335. The molecular formula is C13H10Cl3N2O2S+. The van der Waals surface area contributed by atoms with Gasteiger partial charge in [0.25, 0.3) is 5.84 Å². The van der Waals surface area contributed by atoms with Gasteiger partial charge in [-0.1, -0.05) is 34.8 Å². The topological polar surface area (TPSA) is 74.1 Å². The molecule has 0 aliphatic rings. The Labute approximate surface area is 137 Å². The Bertz CT molecular complexity index is 803. The number of nitrogen functional groups attached to an aromatic ring is 1. The van der Waals surface area contributed by atoms with Crippen molar-refractivity contribution in [3.8, 4) is 0 Å². The molecule has 0 fully saturated rings. The van der Waals surface area contributed by atoms with Gasteiger partial charge in [0.2, 0.25) is 0 Å². The van der Waals surface area contributed by atoms with Crippen LogP contribution in [0.1, 0.15) is 5.56 Å². The average Bonchev–Trinajstić information content (AvgIpc) is 2.42. The molecule has 0 amide bonds. The Hall–Kier alpha value is -1.27. The maximum Gasteiger partial charge on any atom is 0.328 e. The lowest BCUT2D eigenvalue weighted by Gasteiger charge is -2.01. The van der Waals surface area contributed by atoms with Gasteiger partial charge in [0.1, 0.15) is 4.90 Å². The number of benzene rings is 2. The summed E-state index contributed by atoms with van der Waals surface area (Å²) >= 11 is 17.3. The number of halogens is 3. The summed E-state index contributed by atoms with van der Waals surface area (Å²) < 4.78 is 26.7. The summed E-state index contributed by atoms with van der Waals surface area (Å²) in [6.07, 6.45) is 0. The number of nitrogens with one attached hydrogen (secondary N) is 1. The van der Waals surface area contributed by atoms with Crippen LogP contribution in [-0.2, 0) is 10.0 Å². The van der Waals surface area contributed by atoms with Gasteiger partial charge in [-0.05, 0) is 42.5 Å². The van der Waals surface area contributed by atoms with Crippen molar-refractivity contribution < 1.29 is 12.8 Å². The van der Waals surface area contributed by atoms with Gasteiger partial charge in [0, 0.05) is 5.02 Å². The van der Waals surface area contributed by atoms with Crippen molar-refractivity contribution in [2.45, 2.75) is 4.90 Å². The van der Waals surface area contributed by atoms with Crippen molar-refractivity contribution in [1.82, 2.24) is 0 Å². The Morgan fingerprint density at radius 3 is 2.14 bits per heavy atom. The predicted molar refractivity (Wildman–Crippen MR) is 84.4 cm³/mol. The zero-order valence-corrected chi connectivity index (χ0v) is 13.6. The Balaban J connectivity index is 2.41. The molecule has 0 bridgehead atoms. The van der Waals surface area contributed by atoms with E-state index in [1.165, 1.54) is 18.2 Å². The third kappa shape index (κ3) is 3.89. The molecule has 0 unspecified atom stereocenters. The Kier molecular flexibility index (Phi) is 4.78. The first-order valence-electron chi connectivity index (χ1n) is 5.66. The summed E-state index contributed by atoms with van der Waals surface area (Å²) in [6.45, 7) is 0. The molecule has 0 aliphatic heterocycles. The van der Waals surface area contributed by atoms with Gasteiger partial charge in [0.15, 0.2) is 0 Å². The number of sulfonamides is 1. The number of hydrogen-bond acceptors (Lipinski definition) is 2. The van der Waals surface area contributed by atoms with E-state index in [0.29, 0.717) is 10.6 Å². The lowest BCUT2D eigenvalue weighted by molar-refractivity contribution is -0.268. The average molecular weight is 365 g/mol. The molecule has 21 heavy (non-hydrogen) atoms. The highest BCUT2D eigenvalue weighted by molar-refractivity contribution is 7.84. The van der Waals surface area contributed by atoms with Crippen LogP contribution in [0.3, 0.4) is 0 Å². The van der Waals surface area contributed by atoms with Crippen molar-refractivity contribution in [3.63, 3.8) is 0 Å². The van der Waals surface area contributed by atoms with Crippen LogP contribution in [0.25, 0.3) is 0 Å². The number of hydrogen-bond donors (Lipinski definition) is 2. The van der Waals surface area contributed by atoms with E-state index in [1.54, 1.807) is 24.3 Å². The van der Waals surface area contributed by atoms with Crippen LogP contribution in [0.5, 0.6) is 0 Å². The maximum atomic E-state index is 12.2. The predicted octanol–water partition coefficient (Wildman–Crippen LogP) is 1.82. The molecule has 2 aromatic rings. The second kappa shape index (κ2) is 6.23. The molecule has 0 aliphatic carbocycles. The van der Waals surface area contributed by atoms with Gasteiger partial charge >= 0.3 is 10.0 Å². The van der Waals surface area contributed by atoms with Crippen LogP contribution < -0.4 is 10.1 Å². The second-order valence-corrected chi connectivity index (χ2v) is 7.04. The zero-order chi connectivity index (χ0) is 15.6. The van der Waals surface area contributed by atoms with Crippen molar-refractivity contribution in [3.05, 3.63) is 63.1 Å². The minimum Gasteiger partial charge on any atom is -0.286 e. The summed E-state index contributed by atoms with van der Waals surface area (Å²) in [5, 5.41) is 0.939. The fourth-order valence-electron chi connectivity index (χ4n) is 1.54. The Morgan fingerprint density at radius 2 is 1.57 bits per heavy atom. The number of nitrogens with two attached hydrogens (primary N) is 1. The van der Waals surface area contributed by atoms with E-state index >= 15 is 0 Å². The SMILES string of the molecule is NC(=[NH+]S(=O)(=O)c1ccc(Cl)c(Cl)c1)c1ccc(Cl)cc1. The van der Waals surface area contributed by atoms with Gasteiger partial charge in [-0.2, -0.15) is 12.8 Å². The lowest BCUT2D eigenvalue weighted by Crippen LogP contribution is -2.78. The van der Waals surface area contributed by atoms with Crippen LogP contribution >= 0.6 is 34.8 Å². The summed E-state index contributed by atoms with van der Waals surface area (Å²) in [5.74, 6) is -0.0160. The largest absolute Gasteiger partial charge is 0.328 e. The van der Waals surface area contributed by atoms with Crippen LogP contribution in [-0.4, -0.2) is 14.3 Å². The molecule has 0 saturated carbocycles. The van der Waals surface area contributed by atoms with Crippen molar-refractivity contribution in [2.75, 3.05) is 0 Å². The van der Waals surface area contributed by atoms with Gasteiger partial charge in [-0.15, -0.1) is 0 Å². The van der Waals surface area contributed by atoms with Gasteiger partial charge < -0.3 is 0 Å². The van der Waals surface area contributed by atoms with E-state index in [4.69, 9.17) is 40.5 Å². The first-order valence-corrected chi connectivity index (χ1v) is 8.27. The molecule has 0 radical (unpaired) electrons. The molecule has 0 heterocycles. The van der Waals surface area contributed by atoms with Gasteiger partial charge in [-0.25, -0.2) is 0 Å². The molecule has 4 nitrogen and oxygen atoms in total. The molecular weight excluding hydrogens is 355 g/mol. The highest BCUT2D eigenvalue weighted by Crippen LogP contribution is 2.23. The molecule has 0 aromatic heterocycles. The first-order chi connectivity index (χ1) is 9.79. The fourth-order valence-corrected chi connectivity index (χ4v) is 3.07. The van der Waals surface area contributed by atoms with Crippen molar-refractivity contribution in [2.24, 2.45) is 5.73 Å². The zero-order valence-electron chi connectivity index (χ0n) is 10.5. The number of rotatable bonds is 3. The van der Waals surface area contributed by atoms with Crippen molar-refractivity contribution in [1.29, 1.82) is 0 Å². The third-order valence-electron chi connectivity index (χ3n) is 2.60. The van der Waals surface area contributed by atoms with Gasteiger partial charge in [0.05, 0.1) is 15.6 Å². The van der Waals surface area contributed by atoms with Crippen LogP contribution in [0.15, 0.2) is 47.4 Å². The number of amidine groups is 1.